The molecule has 4 heteroatoms. The molecule has 132 valence electrons. The maximum atomic E-state index is 13.0. The molecule has 1 amide bonds. The molecular formula is C22H23N3O. The van der Waals surface area contributed by atoms with Gasteiger partial charge in [-0.2, -0.15) is 5.26 Å². The van der Waals surface area contributed by atoms with Crippen LogP contribution in [0.5, 0.6) is 0 Å². The molecule has 0 aliphatic carbocycles. The first-order valence-electron chi connectivity index (χ1n) is 9.25. The number of piperidine rings is 1. The monoisotopic (exact) mass is 345 g/mol. The Bertz CT molecular complexity index is 870. The van der Waals surface area contributed by atoms with Gasteiger partial charge in [-0.3, -0.25) is 9.69 Å². The van der Waals surface area contributed by atoms with Gasteiger partial charge in [0.15, 0.2) is 0 Å². The van der Waals surface area contributed by atoms with Crippen molar-refractivity contribution in [2.45, 2.75) is 32.4 Å². The highest BCUT2D eigenvalue weighted by Gasteiger charge is 2.43. The number of hydrogen-bond donors (Lipinski definition) is 1. The number of carbonyl (C=O) groups excluding carboxylic acids is 1. The molecule has 2 aliphatic rings. The third kappa shape index (κ3) is 3.23. The molecule has 26 heavy (non-hydrogen) atoms. The van der Waals surface area contributed by atoms with Gasteiger partial charge in [0, 0.05) is 19.6 Å². The highest BCUT2D eigenvalue weighted by atomic mass is 16.2. The number of rotatable bonds is 2. The number of benzene rings is 2. The number of nitrogens with zero attached hydrogens (tertiary/aromatic N) is 2. The van der Waals surface area contributed by atoms with E-state index in [4.69, 9.17) is 5.26 Å². The van der Waals surface area contributed by atoms with Crippen LogP contribution in [0.4, 0.5) is 0 Å². The normalized spacial score (nSPS) is 23.0. The summed E-state index contributed by atoms with van der Waals surface area (Å²) in [6.07, 6.45) is 2.76. The molecule has 1 saturated heterocycles. The zero-order chi connectivity index (χ0) is 18.0. The van der Waals surface area contributed by atoms with Crippen LogP contribution in [0.25, 0.3) is 0 Å². The van der Waals surface area contributed by atoms with E-state index in [0.29, 0.717) is 12.1 Å². The second-order valence-electron chi connectivity index (χ2n) is 7.53. The average Bonchev–Trinajstić information content (AvgIpc) is 2.79. The van der Waals surface area contributed by atoms with Gasteiger partial charge in [-0.15, -0.1) is 0 Å². The number of nitrogens with one attached hydrogen (secondary N) is 1. The molecule has 0 radical (unpaired) electrons. The summed E-state index contributed by atoms with van der Waals surface area (Å²) in [4.78, 5) is 15.3. The Labute approximate surface area is 154 Å². The Kier molecular flexibility index (Phi) is 4.48. The van der Waals surface area contributed by atoms with E-state index in [0.717, 1.165) is 44.5 Å². The quantitative estimate of drug-likeness (QED) is 0.910. The molecule has 1 spiro atoms. The molecule has 1 atom stereocenters. The minimum absolute atomic E-state index is 0.184. The first kappa shape index (κ1) is 16.8. The summed E-state index contributed by atoms with van der Waals surface area (Å²) in [5.41, 5.74) is 4.00. The Morgan fingerprint density at radius 2 is 2.00 bits per heavy atom. The largest absolute Gasteiger partial charge is 0.351 e. The smallest absolute Gasteiger partial charge is 0.228 e. The molecule has 0 saturated carbocycles. The SMILES string of the molecule is N#Cc1cccc(CN2CCCC3(Cc4ccccc4CNC3=O)C2)c1. The minimum atomic E-state index is -0.350. The van der Waals surface area contributed by atoms with Crippen molar-refractivity contribution in [3.63, 3.8) is 0 Å². The van der Waals surface area contributed by atoms with Crippen molar-refractivity contribution in [3.05, 3.63) is 70.8 Å². The van der Waals surface area contributed by atoms with E-state index in [-0.39, 0.29) is 11.3 Å². The second-order valence-corrected chi connectivity index (χ2v) is 7.53. The molecule has 0 bridgehead atoms. The molecule has 1 N–H and O–H groups in total. The summed E-state index contributed by atoms with van der Waals surface area (Å²) >= 11 is 0. The Morgan fingerprint density at radius 3 is 2.85 bits per heavy atom. The second kappa shape index (κ2) is 6.93. The van der Waals surface area contributed by atoms with Crippen molar-refractivity contribution in [1.82, 2.24) is 10.2 Å². The van der Waals surface area contributed by atoms with Crippen LogP contribution < -0.4 is 5.32 Å². The molecular weight excluding hydrogens is 322 g/mol. The third-order valence-electron chi connectivity index (χ3n) is 5.69. The fourth-order valence-electron chi connectivity index (χ4n) is 4.40. The van der Waals surface area contributed by atoms with E-state index in [2.05, 4.69) is 40.6 Å². The zero-order valence-corrected chi connectivity index (χ0v) is 14.9. The summed E-state index contributed by atoms with van der Waals surface area (Å²) in [6.45, 7) is 3.17. The van der Waals surface area contributed by atoms with Crippen molar-refractivity contribution in [2.75, 3.05) is 13.1 Å². The van der Waals surface area contributed by atoms with E-state index in [1.54, 1.807) is 0 Å². The van der Waals surface area contributed by atoms with Crippen LogP contribution in [0.15, 0.2) is 48.5 Å². The maximum Gasteiger partial charge on any atom is 0.228 e. The highest BCUT2D eigenvalue weighted by molar-refractivity contribution is 5.84. The summed E-state index contributed by atoms with van der Waals surface area (Å²) in [5.74, 6) is 0.184. The molecule has 2 aromatic rings. The van der Waals surface area contributed by atoms with Gasteiger partial charge in [0.25, 0.3) is 0 Å². The average molecular weight is 345 g/mol. The van der Waals surface area contributed by atoms with Crippen LogP contribution >= 0.6 is 0 Å². The maximum absolute atomic E-state index is 13.0. The number of amides is 1. The Hall–Kier alpha value is -2.64. The van der Waals surface area contributed by atoms with Gasteiger partial charge in [-0.25, -0.2) is 0 Å². The predicted molar refractivity (Wildman–Crippen MR) is 100 cm³/mol. The molecule has 0 aromatic heterocycles. The van der Waals surface area contributed by atoms with Crippen molar-refractivity contribution in [1.29, 1.82) is 5.26 Å². The zero-order valence-electron chi connectivity index (χ0n) is 14.9. The summed E-state index contributed by atoms with van der Waals surface area (Å²) < 4.78 is 0. The fraction of sp³-hybridized carbons (Fsp3) is 0.364. The summed E-state index contributed by atoms with van der Waals surface area (Å²) in [7, 11) is 0. The lowest BCUT2D eigenvalue weighted by Gasteiger charge is -2.41. The van der Waals surface area contributed by atoms with Gasteiger partial charge in [0.2, 0.25) is 5.91 Å². The van der Waals surface area contributed by atoms with Crippen LogP contribution in [0, 0.1) is 16.7 Å². The van der Waals surface area contributed by atoms with Crippen LogP contribution in [0.1, 0.15) is 35.1 Å². The van der Waals surface area contributed by atoms with Crippen molar-refractivity contribution >= 4 is 5.91 Å². The molecule has 4 rings (SSSR count). The minimum Gasteiger partial charge on any atom is -0.351 e. The van der Waals surface area contributed by atoms with Gasteiger partial charge in [-0.1, -0.05) is 36.4 Å². The Balaban J connectivity index is 1.57. The predicted octanol–water partition coefficient (Wildman–Crippen LogP) is 3.01. The number of likely N-dealkylation sites (tertiary alicyclic amines) is 1. The van der Waals surface area contributed by atoms with Gasteiger partial charge in [0.1, 0.15) is 0 Å². The molecule has 2 aliphatic heterocycles. The van der Waals surface area contributed by atoms with E-state index >= 15 is 0 Å². The molecule has 2 aromatic carbocycles. The van der Waals surface area contributed by atoms with Gasteiger partial charge in [0.05, 0.1) is 17.0 Å². The van der Waals surface area contributed by atoms with Crippen LogP contribution in [0.3, 0.4) is 0 Å². The van der Waals surface area contributed by atoms with Crippen LogP contribution in [-0.4, -0.2) is 23.9 Å². The van der Waals surface area contributed by atoms with Gasteiger partial charge >= 0.3 is 0 Å². The van der Waals surface area contributed by atoms with Crippen LogP contribution in [0.2, 0.25) is 0 Å². The Morgan fingerprint density at radius 1 is 1.15 bits per heavy atom. The number of fused-ring (bicyclic) bond motifs is 1. The first-order valence-corrected chi connectivity index (χ1v) is 9.25. The number of carbonyl (C=O) groups is 1. The molecule has 4 nitrogen and oxygen atoms in total. The highest BCUT2D eigenvalue weighted by Crippen LogP contribution is 2.37. The van der Waals surface area contributed by atoms with E-state index in [1.807, 2.05) is 24.3 Å². The molecule has 1 fully saturated rings. The fourth-order valence-corrected chi connectivity index (χ4v) is 4.40. The lowest BCUT2D eigenvalue weighted by Crippen LogP contribution is -2.51. The first-order chi connectivity index (χ1) is 12.7. The van der Waals surface area contributed by atoms with Gasteiger partial charge < -0.3 is 5.32 Å². The summed E-state index contributed by atoms with van der Waals surface area (Å²) in [5, 5.41) is 12.3. The van der Waals surface area contributed by atoms with Crippen LogP contribution in [-0.2, 0) is 24.3 Å². The third-order valence-corrected chi connectivity index (χ3v) is 5.69. The molecule has 1 unspecified atom stereocenters. The van der Waals surface area contributed by atoms with Gasteiger partial charge in [-0.05, 0) is 54.6 Å². The lowest BCUT2D eigenvalue weighted by atomic mass is 9.74. The standard InChI is InChI=1S/C22H23N3O/c23-13-17-5-3-6-18(11-17)15-25-10-4-9-22(16-25)12-19-7-1-2-8-20(19)14-24-21(22)26/h1-3,5-8,11H,4,9-10,12,14-16H2,(H,24,26). The van der Waals surface area contributed by atoms with Crippen molar-refractivity contribution in [2.24, 2.45) is 5.41 Å². The van der Waals surface area contributed by atoms with E-state index in [1.165, 1.54) is 11.1 Å². The van der Waals surface area contributed by atoms with Crippen molar-refractivity contribution in [3.8, 4) is 6.07 Å². The van der Waals surface area contributed by atoms with E-state index < -0.39 is 0 Å². The lowest BCUT2D eigenvalue weighted by molar-refractivity contribution is -0.134. The number of hydrogen-bond acceptors (Lipinski definition) is 3. The van der Waals surface area contributed by atoms with E-state index in [9.17, 15) is 4.79 Å². The summed E-state index contributed by atoms with van der Waals surface area (Å²) in [6, 6.07) is 18.4. The number of nitriles is 1. The van der Waals surface area contributed by atoms with Crippen molar-refractivity contribution < 1.29 is 4.79 Å². The molecule has 2 heterocycles. The topological polar surface area (TPSA) is 56.1 Å².